The van der Waals surface area contributed by atoms with E-state index in [0.717, 1.165) is 11.1 Å². The van der Waals surface area contributed by atoms with Crippen LogP contribution in [-0.2, 0) is 21.3 Å². The number of nitrogens with two attached hydrogens (primary N) is 1. The van der Waals surface area contributed by atoms with Crippen molar-refractivity contribution in [2.45, 2.75) is 19.4 Å². The van der Waals surface area contributed by atoms with Crippen molar-refractivity contribution in [1.29, 1.82) is 5.26 Å². The van der Waals surface area contributed by atoms with Crippen molar-refractivity contribution in [3.63, 3.8) is 0 Å². The molecule has 2 N–H and O–H groups in total. The minimum absolute atomic E-state index is 0.00748. The maximum atomic E-state index is 14.2. The Morgan fingerprint density at radius 2 is 1.82 bits per heavy atom. The Balaban J connectivity index is 1.76. The van der Waals surface area contributed by atoms with Gasteiger partial charge in [-0.25, -0.2) is 8.42 Å². The van der Waals surface area contributed by atoms with Gasteiger partial charge in [-0.3, -0.25) is 4.31 Å². The average molecular weight is 490 g/mol. The largest absolute Gasteiger partial charge is 0.439 e. The lowest BCUT2D eigenvalue weighted by molar-refractivity contribution is 0.357. The minimum Gasteiger partial charge on any atom is -0.439 e. The SMILES string of the molecule is Cc1cccc(CN2c3ccccc3C3=C(C(c4ccc(Cl)cc4)C(C#N)=C(N)O3)S2(=O)=O)c1. The van der Waals surface area contributed by atoms with Crippen LogP contribution in [0.1, 0.15) is 28.2 Å². The number of halogens is 1. The van der Waals surface area contributed by atoms with Gasteiger partial charge in [-0.1, -0.05) is 65.7 Å². The third kappa shape index (κ3) is 3.52. The Kier molecular flexibility index (Phi) is 5.35. The zero-order valence-corrected chi connectivity index (χ0v) is 19.8. The molecule has 3 aromatic carbocycles. The van der Waals surface area contributed by atoms with Crippen LogP contribution in [0.25, 0.3) is 5.76 Å². The lowest BCUT2D eigenvalue weighted by atomic mass is 9.88. The Morgan fingerprint density at radius 3 is 2.53 bits per heavy atom. The molecule has 0 amide bonds. The van der Waals surface area contributed by atoms with Crippen LogP contribution in [0, 0.1) is 18.3 Å². The van der Waals surface area contributed by atoms with Crippen molar-refractivity contribution >= 4 is 33.1 Å². The molecule has 170 valence electrons. The van der Waals surface area contributed by atoms with E-state index in [1.807, 2.05) is 37.3 Å². The first-order chi connectivity index (χ1) is 16.3. The third-order valence-electron chi connectivity index (χ3n) is 5.97. The zero-order chi connectivity index (χ0) is 24.0. The average Bonchev–Trinajstić information content (AvgIpc) is 2.81. The van der Waals surface area contributed by atoms with E-state index in [2.05, 4.69) is 6.07 Å². The van der Waals surface area contributed by atoms with E-state index in [-0.39, 0.29) is 28.7 Å². The van der Waals surface area contributed by atoms with E-state index < -0.39 is 15.9 Å². The van der Waals surface area contributed by atoms with Crippen molar-refractivity contribution in [1.82, 2.24) is 0 Å². The summed E-state index contributed by atoms with van der Waals surface area (Å²) in [6, 6.07) is 23.6. The molecule has 6 nitrogen and oxygen atoms in total. The fourth-order valence-corrected chi connectivity index (χ4v) is 6.48. The second-order valence-electron chi connectivity index (χ2n) is 8.19. The van der Waals surface area contributed by atoms with Gasteiger partial charge in [0.05, 0.1) is 18.2 Å². The molecule has 0 fully saturated rings. The fraction of sp³-hybridized carbons (Fsp3) is 0.115. The van der Waals surface area contributed by atoms with Crippen LogP contribution in [0.15, 0.2) is 89.2 Å². The molecule has 2 heterocycles. The highest BCUT2D eigenvalue weighted by atomic mass is 35.5. The number of anilines is 1. The van der Waals surface area contributed by atoms with Gasteiger partial charge in [0, 0.05) is 10.6 Å². The highest BCUT2D eigenvalue weighted by Gasteiger charge is 2.47. The Morgan fingerprint density at radius 1 is 1.09 bits per heavy atom. The summed E-state index contributed by atoms with van der Waals surface area (Å²) in [6.45, 7) is 2.09. The first-order valence-corrected chi connectivity index (χ1v) is 12.4. The molecule has 3 aromatic rings. The summed E-state index contributed by atoms with van der Waals surface area (Å²) < 4.78 is 35.6. The molecular weight excluding hydrogens is 470 g/mol. The first kappa shape index (κ1) is 22.1. The summed E-state index contributed by atoms with van der Waals surface area (Å²) in [5.41, 5.74) is 9.73. The number of hydrogen-bond donors (Lipinski definition) is 1. The molecule has 0 aliphatic carbocycles. The molecule has 8 heteroatoms. The molecule has 2 aliphatic rings. The smallest absolute Gasteiger partial charge is 0.265 e. The van der Waals surface area contributed by atoms with E-state index in [9.17, 15) is 13.7 Å². The summed E-state index contributed by atoms with van der Waals surface area (Å²) in [6.07, 6.45) is 0. The summed E-state index contributed by atoms with van der Waals surface area (Å²) in [5, 5.41) is 10.4. The molecule has 0 spiro atoms. The number of sulfonamides is 1. The highest BCUT2D eigenvalue weighted by molar-refractivity contribution is 7.96. The maximum absolute atomic E-state index is 14.2. The molecule has 0 saturated heterocycles. The molecule has 0 aromatic heterocycles. The number of para-hydroxylation sites is 1. The van der Waals surface area contributed by atoms with Crippen LogP contribution in [0.3, 0.4) is 0 Å². The molecule has 1 unspecified atom stereocenters. The highest BCUT2D eigenvalue weighted by Crippen LogP contribution is 2.51. The molecule has 2 aliphatic heterocycles. The van der Waals surface area contributed by atoms with Crippen LogP contribution in [-0.4, -0.2) is 8.42 Å². The van der Waals surface area contributed by atoms with Crippen LogP contribution >= 0.6 is 11.6 Å². The minimum atomic E-state index is -4.11. The molecular formula is C26H20ClN3O3S. The zero-order valence-electron chi connectivity index (χ0n) is 18.2. The van der Waals surface area contributed by atoms with E-state index in [1.165, 1.54) is 4.31 Å². The van der Waals surface area contributed by atoms with E-state index in [4.69, 9.17) is 22.1 Å². The number of nitrogens with zero attached hydrogens (tertiary/aromatic N) is 2. The predicted molar refractivity (Wildman–Crippen MR) is 132 cm³/mol. The molecule has 0 bridgehead atoms. The van der Waals surface area contributed by atoms with Crippen molar-refractivity contribution in [2.75, 3.05) is 4.31 Å². The van der Waals surface area contributed by atoms with Crippen molar-refractivity contribution in [3.8, 4) is 6.07 Å². The summed E-state index contributed by atoms with van der Waals surface area (Å²) in [7, 11) is -4.11. The van der Waals surface area contributed by atoms with Gasteiger partial charge in [0.25, 0.3) is 10.0 Å². The number of hydrogen-bond acceptors (Lipinski definition) is 5. The van der Waals surface area contributed by atoms with Gasteiger partial charge in [0.1, 0.15) is 16.5 Å². The Hall–Kier alpha value is -3.73. The number of benzene rings is 3. The van der Waals surface area contributed by atoms with E-state index in [1.54, 1.807) is 42.5 Å². The maximum Gasteiger partial charge on any atom is 0.265 e. The normalized spacial score (nSPS) is 18.6. The summed E-state index contributed by atoms with van der Waals surface area (Å²) in [4.78, 5) is -0.00748. The Bertz CT molecular complexity index is 1520. The van der Waals surface area contributed by atoms with Crippen molar-refractivity contribution in [3.05, 3.63) is 116 Å². The van der Waals surface area contributed by atoms with Gasteiger partial charge in [-0.15, -0.1) is 0 Å². The molecule has 34 heavy (non-hydrogen) atoms. The predicted octanol–water partition coefficient (Wildman–Crippen LogP) is 5.17. The lowest BCUT2D eigenvalue weighted by Crippen LogP contribution is -2.39. The quantitative estimate of drug-likeness (QED) is 0.547. The molecule has 5 rings (SSSR count). The topological polar surface area (TPSA) is 96.4 Å². The van der Waals surface area contributed by atoms with Crippen molar-refractivity contribution < 1.29 is 13.2 Å². The van der Waals surface area contributed by atoms with Crippen LogP contribution < -0.4 is 10.0 Å². The number of rotatable bonds is 3. The second-order valence-corrected chi connectivity index (χ2v) is 10.5. The molecule has 0 radical (unpaired) electrons. The molecule has 1 atom stereocenters. The number of aryl methyl sites for hydroxylation is 1. The first-order valence-electron chi connectivity index (χ1n) is 10.6. The van der Waals surface area contributed by atoms with Gasteiger partial charge in [0.15, 0.2) is 5.76 Å². The fourth-order valence-electron chi connectivity index (χ4n) is 4.44. The van der Waals surface area contributed by atoms with Gasteiger partial charge in [-0.2, -0.15) is 5.26 Å². The van der Waals surface area contributed by atoms with E-state index >= 15 is 0 Å². The standard InChI is InChI=1S/C26H20ClN3O3S/c1-16-5-4-6-17(13-16)15-30-22-8-3-2-7-20(22)24-25(34(30,31)32)23(21(14-28)26(29)33-24)18-9-11-19(27)12-10-18/h2-13,23H,15,29H2,1H3. The van der Waals surface area contributed by atoms with Gasteiger partial charge in [0.2, 0.25) is 5.88 Å². The lowest BCUT2D eigenvalue weighted by Gasteiger charge is -2.38. The van der Waals surface area contributed by atoms with Gasteiger partial charge >= 0.3 is 0 Å². The van der Waals surface area contributed by atoms with Gasteiger partial charge < -0.3 is 10.5 Å². The number of ether oxygens (including phenoxy) is 1. The molecule has 0 saturated carbocycles. The van der Waals surface area contributed by atoms with Gasteiger partial charge in [-0.05, 0) is 42.3 Å². The summed E-state index contributed by atoms with van der Waals surface area (Å²) >= 11 is 6.07. The Labute approximate surface area is 203 Å². The second kappa shape index (κ2) is 8.24. The monoisotopic (exact) mass is 489 g/mol. The summed E-state index contributed by atoms with van der Waals surface area (Å²) in [5.74, 6) is -0.893. The third-order valence-corrected chi connectivity index (χ3v) is 8.10. The van der Waals surface area contributed by atoms with Crippen LogP contribution in [0.2, 0.25) is 5.02 Å². The van der Waals surface area contributed by atoms with Crippen LogP contribution in [0.4, 0.5) is 5.69 Å². The van der Waals surface area contributed by atoms with E-state index in [0.29, 0.717) is 21.8 Å². The number of fused-ring (bicyclic) bond motifs is 2. The van der Waals surface area contributed by atoms with Crippen LogP contribution in [0.5, 0.6) is 0 Å². The van der Waals surface area contributed by atoms with Crippen molar-refractivity contribution in [2.24, 2.45) is 5.73 Å². The number of nitriles is 1. The number of allylic oxidation sites excluding steroid dienone is 2.